The van der Waals surface area contributed by atoms with E-state index < -0.39 is 0 Å². The van der Waals surface area contributed by atoms with E-state index in [1.54, 1.807) is 0 Å². The van der Waals surface area contributed by atoms with Crippen LogP contribution in [0.25, 0.3) is 11.0 Å². The average Bonchev–Trinajstić information content (AvgIpc) is 2.82. The SMILES string of the molecule is CCCNC(CO)CCn1cnc2ccccc21. The smallest absolute Gasteiger partial charge is 0.0958 e. The Morgan fingerprint density at radius 1 is 1.39 bits per heavy atom. The number of aliphatic hydroxyl groups excluding tert-OH is 1. The van der Waals surface area contributed by atoms with Gasteiger partial charge in [-0.25, -0.2) is 4.98 Å². The van der Waals surface area contributed by atoms with Crippen LogP contribution < -0.4 is 5.32 Å². The highest BCUT2D eigenvalue weighted by molar-refractivity contribution is 5.74. The van der Waals surface area contributed by atoms with Gasteiger partial charge in [0.05, 0.1) is 24.0 Å². The van der Waals surface area contributed by atoms with Crippen molar-refractivity contribution < 1.29 is 5.11 Å². The molecular weight excluding hydrogens is 226 g/mol. The molecule has 0 bridgehead atoms. The molecule has 1 aromatic heterocycles. The first-order valence-electron chi connectivity index (χ1n) is 6.59. The van der Waals surface area contributed by atoms with Gasteiger partial charge in [0.25, 0.3) is 0 Å². The summed E-state index contributed by atoms with van der Waals surface area (Å²) in [5.41, 5.74) is 2.18. The van der Waals surface area contributed by atoms with Crippen molar-refractivity contribution in [2.24, 2.45) is 0 Å². The molecule has 0 fully saturated rings. The Bertz CT molecular complexity index is 481. The Morgan fingerprint density at radius 2 is 2.22 bits per heavy atom. The van der Waals surface area contributed by atoms with Crippen LogP contribution in [0.2, 0.25) is 0 Å². The maximum atomic E-state index is 9.31. The van der Waals surface area contributed by atoms with Gasteiger partial charge >= 0.3 is 0 Å². The molecule has 98 valence electrons. The van der Waals surface area contributed by atoms with Crippen molar-refractivity contribution in [1.82, 2.24) is 14.9 Å². The number of para-hydroxylation sites is 2. The van der Waals surface area contributed by atoms with Gasteiger partial charge in [0, 0.05) is 12.6 Å². The fourth-order valence-electron chi connectivity index (χ4n) is 2.09. The highest BCUT2D eigenvalue weighted by Crippen LogP contribution is 2.12. The first-order chi connectivity index (χ1) is 8.85. The maximum Gasteiger partial charge on any atom is 0.0958 e. The van der Waals surface area contributed by atoms with Gasteiger partial charge in [0.1, 0.15) is 0 Å². The molecule has 1 aromatic carbocycles. The normalized spacial score (nSPS) is 13.0. The Balaban J connectivity index is 1.96. The van der Waals surface area contributed by atoms with Crippen molar-refractivity contribution in [3.8, 4) is 0 Å². The molecule has 2 N–H and O–H groups in total. The quantitative estimate of drug-likeness (QED) is 0.784. The van der Waals surface area contributed by atoms with Crippen molar-refractivity contribution in [1.29, 1.82) is 0 Å². The number of hydrogen-bond acceptors (Lipinski definition) is 3. The largest absolute Gasteiger partial charge is 0.395 e. The molecular formula is C14H21N3O. The van der Waals surface area contributed by atoms with Crippen molar-refractivity contribution in [3.05, 3.63) is 30.6 Å². The predicted molar refractivity (Wildman–Crippen MR) is 73.5 cm³/mol. The number of nitrogens with one attached hydrogen (secondary N) is 1. The number of rotatable bonds is 7. The Morgan fingerprint density at radius 3 is 3.00 bits per heavy atom. The number of nitrogens with zero attached hydrogens (tertiary/aromatic N) is 2. The van der Waals surface area contributed by atoms with E-state index in [2.05, 4.69) is 27.9 Å². The van der Waals surface area contributed by atoms with Gasteiger partial charge in [-0.05, 0) is 31.5 Å². The van der Waals surface area contributed by atoms with Gasteiger partial charge in [0.2, 0.25) is 0 Å². The molecule has 4 nitrogen and oxygen atoms in total. The fourth-order valence-corrected chi connectivity index (χ4v) is 2.09. The monoisotopic (exact) mass is 247 g/mol. The zero-order chi connectivity index (χ0) is 12.8. The van der Waals surface area contributed by atoms with E-state index in [4.69, 9.17) is 0 Å². The lowest BCUT2D eigenvalue weighted by atomic mass is 10.2. The van der Waals surface area contributed by atoms with Gasteiger partial charge in [0.15, 0.2) is 0 Å². The Labute approximate surface area is 108 Å². The Hall–Kier alpha value is -1.39. The summed E-state index contributed by atoms with van der Waals surface area (Å²) in [6.45, 7) is 4.15. The minimum absolute atomic E-state index is 0.172. The summed E-state index contributed by atoms with van der Waals surface area (Å²) >= 11 is 0. The minimum atomic E-state index is 0.172. The molecule has 0 radical (unpaired) electrons. The number of aromatic nitrogens is 2. The third-order valence-electron chi connectivity index (χ3n) is 3.15. The molecule has 0 saturated heterocycles. The number of aliphatic hydroxyl groups is 1. The van der Waals surface area contributed by atoms with Crippen molar-refractivity contribution in [2.45, 2.75) is 32.4 Å². The standard InChI is InChI=1S/C14H21N3O/c1-2-8-15-12(10-18)7-9-17-11-16-13-5-3-4-6-14(13)17/h3-6,11-12,15,18H,2,7-10H2,1H3. The molecule has 0 aliphatic heterocycles. The van der Waals surface area contributed by atoms with E-state index in [-0.39, 0.29) is 12.6 Å². The predicted octanol–water partition coefficient (Wildman–Crippen LogP) is 1.79. The van der Waals surface area contributed by atoms with Gasteiger partial charge in [-0.2, -0.15) is 0 Å². The summed E-state index contributed by atoms with van der Waals surface area (Å²) in [5, 5.41) is 12.7. The lowest BCUT2D eigenvalue weighted by Gasteiger charge is -2.16. The van der Waals surface area contributed by atoms with Crippen LogP contribution in [-0.4, -0.2) is 33.9 Å². The molecule has 0 aliphatic rings. The molecule has 18 heavy (non-hydrogen) atoms. The lowest BCUT2D eigenvalue weighted by Crippen LogP contribution is -2.33. The Kier molecular flexibility index (Phi) is 4.73. The molecule has 4 heteroatoms. The van der Waals surface area contributed by atoms with Gasteiger partial charge in [-0.1, -0.05) is 19.1 Å². The van der Waals surface area contributed by atoms with Crippen LogP contribution in [0.4, 0.5) is 0 Å². The zero-order valence-electron chi connectivity index (χ0n) is 10.8. The van der Waals surface area contributed by atoms with Crippen molar-refractivity contribution >= 4 is 11.0 Å². The molecule has 0 spiro atoms. The topological polar surface area (TPSA) is 50.1 Å². The van der Waals surface area contributed by atoms with E-state index >= 15 is 0 Å². The highest BCUT2D eigenvalue weighted by atomic mass is 16.3. The number of imidazole rings is 1. The fraction of sp³-hybridized carbons (Fsp3) is 0.500. The number of aryl methyl sites for hydroxylation is 1. The molecule has 0 aliphatic carbocycles. The van der Waals surface area contributed by atoms with E-state index in [0.29, 0.717) is 0 Å². The third kappa shape index (κ3) is 3.09. The number of benzene rings is 1. The van der Waals surface area contributed by atoms with E-state index in [9.17, 15) is 5.11 Å². The van der Waals surface area contributed by atoms with E-state index in [1.807, 2.05) is 24.5 Å². The molecule has 2 rings (SSSR count). The highest BCUT2D eigenvalue weighted by Gasteiger charge is 2.07. The first-order valence-corrected chi connectivity index (χ1v) is 6.59. The second kappa shape index (κ2) is 6.52. The summed E-state index contributed by atoms with van der Waals surface area (Å²) in [6.07, 6.45) is 3.88. The summed E-state index contributed by atoms with van der Waals surface area (Å²) in [7, 11) is 0. The maximum absolute atomic E-state index is 9.31. The van der Waals surface area contributed by atoms with Crippen LogP contribution in [0.1, 0.15) is 19.8 Å². The van der Waals surface area contributed by atoms with Crippen LogP contribution in [-0.2, 0) is 6.54 Å². The van der Waals surface area contributed by atoms with E-state index in [0.717, 1.165) is 37.0 Å². The van der Waals surface area contributed by atoms with Gasteiger partial charge < -0.3 is 15.0 Å². The van der Waals surface area contributed by atoms with Crippen LogP contribution in [0.15, 0.2) is 30.6 Å². The van der Waals surface area contributed by atoms with Gasteiger partial charge in [-0.15, -0.1) is 0 Å². The zero-order valence-corrected chi connectivity index (χ0v) is 10.8. The van der Waals surface area contributed by atoms with Crippen LogP contribution in [0, 0.1) is 0 Å². The first kappa shape index (κ1) is 13.1. The number of fused-ring (bicyclic) bond motifs is 1. The summed E-state index contributed by atoms with van der Waals surface area (Å²) in [4.78, 5) is 4.36. The van der Waals surface area contributed by atoms with Crippen molar-refractivity contribution in [2.75, 3.05) is 13.2 Å². The third-order valence-corrected chi connectivity index (χ3v) is 3.15. The molecule has 0 amide bonds. The summed E-state index contributed by atoms with van der Waals surface area (Å²) < 4.78 is 2.14. The second-order valence-corrected chi connectivity index (χ2v) is 4.55. The lowest BCUT2D eigenvalue weighted by molar-refractivity contribution is 0.232. The van der Waals surface area contributed by atoms with Crippen molar-refractivity contribution in [3.63, 3.8) is 0 Å². The molecule has 1 atom stereocenters. The summed E-state index contributed by atoms with van der Waals surface area (Å²) in [6, 6.07) is 8.30. The number of hydrogen-bond donors (Lipinski definition) is 2. The second-order valence-electron chi connectivity index (χ2n) is 4.55. The van der Waals surface area contributed by atoms with Crippen LogP contribution in [0.3, 0.4) is 0 Å². The molecule has 1 unspecified atom stereocenters. The van der Waals surface area contributed by atoms with E-state index in [1.165, 1.54) is 0 Å². The molecule has 0 saturated carbocycles. The van der Waals surface area contributed by atoms with Crippen LogP contribution >= 0.6 is 0 Å². The average molecular weight is 247 g/mol. The summed E-state index contributed by atoms with van der Waals surface area (Å²) in [5.74, 6) is 0. The molecule has 1 heterocycles. The minimum Gasteiger partial charge on any atom is -0.395 e. The molecule has 2 aromatic rings. The van der Waals surface area contributed by atoms with Gasteiger partial charge in [-0.3, -0.25) is 0 Å². The van der Waals surface area contributed by atoms with Crippen LogP contribution in [0.5, 0.6) is 0 Å².